The van der Waals surface area contributed by atoms with Crippen molar-refractivity contribution in [2.45, 2.75) is 32.7 Å². The number of methoxy groups -OCH3 is 1. The van der Waals surface area contributed by atoms with E-state index in [4.69, 9.17) is 9.47 Å². The molecule has 0 saturated heterocycles. The van der Waals surface area contributed by atoms with Gasteiger partial charge in [0.05, 0.1) is 19.8 Å². The fourth-order valence-corrected chi connectivity index (χ4v) is 2.50. The van der Waals surface area contributed by atoms with Gasteiger partial charge in [-0.15, -0.1) is 0 Å². The predicted octanol–water partition coefficient (Wildman–Crippen LogP) is 1.98. The Morgan fingerprint density at radius 2 is 2.11 bits per heavy atom. The molecule has 1 aliphatic rings. The van der Waals surface area contributed by atoms with Gasteiger partial charge in [-0.1, -0.05) is 0 Å². The topological polar surface area (TPSA) is 40.5 Å². The molecule has 0 aromatic carbocycles. The number of fused-ring (bicyclic) bond motifs is 1. The van der Waals surface area contributed by atoms with E-state index in [1.54, 1.807) is 7.11 Å². The number of hydrogen-bond acceptors (Lipinski definition) is 3. The third kappa shape index (κ3) is 2.82. The highest BCUT2D eigenvalue weighted by Gasteiger charge is 2.22. The van der Waals surface area contributed by atoms with Crippen LogP contribution in [0.2, 0.25) is 0 Å². The zero-order valence-electron chi connectivity index (χ0n) is 11.2. The molecule has 0 unspecified atom stereocenters. The molecule has 18 heavy (non-hydrogen) atoms. The molecule has 100 valence electrons. The van der Waals surface area contributed by atoms with Crippen LogP contribution in [-0.4, -0.2) is 37.3 Å². The molecule has 0 atom stereocenters. The number of ketones is 1. The monoisotopic (exact) mass is 251 g/mol. The normalized spacial score (nSPS) is 14.9. The lowest BCUT2D eigenvalue weighted by Crippen LogP contribution is -2.16. The van der Waals surface area contributed by atoms with Gasteiger partial charge in [0.15, 0.2) is 5.78 Å². The van der Waals surface area contributed by atoms with Crippen molar-refractivity contribution in [1.82, 2.24) is 4.57 Å². The molecule has 0 aliphatic heterocycles. The molecule has 0 saturated carbocycles. The van der Waals surface area contributed by atoms with E-state index < -0.39 is 0 Å². The summed E-state index contributed by atoms with van der Waals surface area (Å²) >= 11 is 0. The average molecular weight is 251 g/mol. The van der Waals surface area contributed by atoms with E-state index in [9.17, 15) is 4.79 Å². The summed E-state index contributed by atoms with van der Waals surface area (Å²) in [6.45, 7) is 4.79. The van der Waals surface area contributed by atoms with E-state index in [0.717, 1.165) is 30.6 Å². The molecule has 4 heteroatoms. The molecular weight excluding hydrogens is 230 g/mol. The van der Waals surface area contributed by atoms with Crippen molar-refractivity contribution in [3.8, 4) is 0 Å². The minimum absolute atomic E-state index is 0.290. The molecule has 0 bridgehead atoms. The summed E-state index contributed by atoms with van der Waals surface area (Å²) in [4.78, 5) is 11.8. The molecule has 1 aromatic rings. The van der Waals surface area contributed by atoms with E-state index >= 15 is 0 Å². The Kier molecular flexibility index (Phi) is 4.55. The van der Waals surface area contributed by atoms with E-state index in [0.29, 0.717) is 32.0 Å². The zero-order chi connectivity index (χ0) is 13.0. The minimum Gasteiger partial charge on any atom is -0.382 e. The summed E-state index contributed by atoms with van der Waals surface area (Å²) in [5.74, 6) is 0.290. The second-order valence-electron chi connectivity index (χ2n) is 4.68. The lowest BCUT2D eigenvalue weighted by Gasteiger charge is -2.16. The number of nitrogens with zero attached hydrogens (tertiary/aromatic N) is 1. The van der Waals surface area contributed by atoms with Gasteiger partial charge < -0.3 is 14.0 Å². The summed E-state index contributed by atoms with van der Waals surface area (Å²) in [5, 5.41) is 0. The van der Waals surface area contributed by atoms with Gasteiger partial charge in [-0.05, 0) is 25.8 Å². The van der Waals surface area contributed by atoms with Gasteiger partial charge >= 0.3 is 0 Å². The van der Waals surface area contributed by atoms with Gasteiger partial charge in [0.2, 0.25) is 0 Å². The molecule has 2 rings (SSSR count). The summed E-state index contributed by atoms with van der Waals surface area (Å²) in [5.41, 5.74) is 3.28. The smallest absolute Gasteiger partial charge is 0.164 e. The summed E-state index contributed by atoms with van der Waals surface area (Å²) in [7, 11) is 1.67. The van der Waals surface area contributed by atoms with Crippen molar-refractivity contribution in [1.29, 1.82) is 0 Å². The zero-order valence-corrected chi connectivity index (χ0v) is 11.2. The van der Waals surface area contributed by atoms with E-state index in [1.165, 1.54) is 5.69 Å². The molecule has 1 aromatic heterocycles. The maximum absolute atomic E-state index is 11.8. The highest BCUT2D eigenvalue weighted by molar-refractivity contribution is 5.98. The molecule has 0 amide bonds. The fourth-order valence-electron chi connectivity index (χ4n) is 2.50. The summed E-state index contributed by atoms with van der Waals surface area (Å²) < 4.78 is 12.6. The van der Waals surface area contributed by atoms with Crippen molar-refractivity contribution in [2.24, 2.45) is 0 Å². The van der Waals surface area contributed by atoms with Crippen LogP contribution < -0.4 is 0 Å². The van der Waals surface area contributed by atoms with Gasteiger partial charge in [0.25, 0.3) is 0 Å². The molecule has 0 radical (unpaired) electrons. The first kappa shape index (κ1) is 13.3. The van der Waals surface area contributed by atoms with Crippen LogP contribution in [0.1, 0.15) is 34.6 Å². The second-order valence-corrected chi connectivity index (χ2v) is 4.68. The van der Waals surface area contributed by atoms with Gasteiger partial charge in [0.1, 0.15) is 0 Å². The molecule has 1 heterocycles. The van der Waals surface area contributed by atoms with Crippen LogP contribution in [0.3, 0.4) is 0 Å². The SMILES string of the molecule is COCCOCCn1c(C)cc2c1CCCC2=O. The number of ether oxygens (including phenoxy) is 2. The van der Waals surface area contributed by atoms with E-state index in [-0.39, 0.29) is 0 Å². The quantitative estimate of drug-likeness (QED) is 0.726. The Morgan fingerprint density at radius 3 is 2.89 bits per heavy atom. The van der Waals surface area contributed by atoms with E-state index in [1.807, 2.05) is 6.07 Å². The minimum atomic E-state index is 0.290. The van der Waals surface area contributed by atoms with E-state index in [2.05, 4.69) is 11.5 Å². The third-order valence-corrected chi connectivity index (χ3v) is 3.42. The highest BCUT2D eigenvalue weighted by atomic mass is 16.5. The van der Waals surface area contributed by atoms with Crippen LogP contribution in [0, 0.1) is 6.92 Å². The van der Waals surface area contributed by atoms with Crippen LogP contribution in [0.15, 0.2) is 6.07 Å². The van der Waals surface area contributed by atoms with Gasteiger partial charge in [-0.2, -0.15) is 0 Å². The largest absolute Gasteiger partial charge is 0.382 e. The highest BCUT2D eigenvalue weighted by Crippen LogP contribution is 2.24. The van der Waals surface area contributed by atoms with Crippen molar-refractivity contribution in [2.75, 3.05) is 26.9 Å². The number of carbonyl (C=O) groups is 1. The van der Waals surface area contributed by atoms with Crippen molar-refractivity contribution in [3.05, 3.63) is 23.0 Å². The Morgan fingerprint density at radius 1 is 1.28 bits per heavy atom. The first-order valence-corrected chi connectivity index (χ1v) is 6.53. The Bertz CT molecular complexity index is 423. The molecule has 0 N–H and O–H groups in total. The Balaban J connectivity index is 1.98. The van der Waals surface area contributed by atoms with Gasteiger partial charge in [-0.3, -0.25) is 4.79 Å². The summed E-state index contributed by atoms with van der Waals surface area (Å²) in [6.07, 6.45) is 2.67. The van der Waals surface area contributed by atoms with Crippen molar-refractivity contribution in [3.63, 3.8) is 0 Å². The standard InChI is InChI=1S/C14H21NO3/c1-11-10-12-13(4-3-5-14(12)16)15(11)6-7-18-9-8-17-2/h10H,3-9H2,1-2H3. The van der Waals surface area contributed by atoms with Crippen LogP contribution in [0.5, 0.6) is 0 Å². The molecular formula is C14H21NO3. The van der Waals surface area contributed by atoms with Crippen molar-refractivity contribution >= 4 is 5.78 Å². The number of hydrogen-bond donors (Lipinski definition) is 0. The average Bonchev–Trinajstić information content (AvgIpc) is 2.68. The van der Waals surface area contributed by atoms with Gasteiger partial charge in [-0.25, -0.2) is 0 Å². The van der Waals surface area contributed by atoms with Crippen LogP contribution >= 0.6 is 0 Å². The number of rotatable bonds is 6. The maximum atomic E-state index is 11.8. The maximum Gasteiger partial charge on any atom is 0.164 e. The molecule has 0 fully saturated rings. The molecule has 0 spiro atoms. The Labute approximate surface area is 108 Å². The summed E-state index contributed by atoms with van der Waals surface area (Å²) in [6, 6.07) is 2.02. The van der Waals surface area contributed by atoms with Crippen molar-refractivity contribution < 1.29 is 14.3 Å². The van der Waals surface area contributed by atoms with Crippen LogP contribution in [0.25, 0.3) is 0 Å². The second kappa shape index (κ2) is 6.16. The lowest BCUT2D eigenvalue weighted by atomic mass is 9.97. The lowest BCUT2D eigenvalue weighted by molar-refractivity contribution is 0.0661. The molecule has 4 nitrogen and oxygen atoms in total. The first-order valence-electron chi connectivity index (χ1n) is 6.53. The number of aryl methyl sites for hydroxylation is 1. The van der Waals surface area contributed by atoms with Crippen LogP contribution in [0.4, 0.5) is 0 Å². The fraction of sp³-hybridized carbons (Fsp3) is 0.643. The Hall–Kier alpha value is -1.13. The number of carbonyl (C=O) groups excluding carboxylic acids is 1. The first-order chi connectivity index (χ1) is 8.74. The van der Waals surface area contributed by atoms with Crippen LogP contribution in [-0.2, 0) is 22.4 Å². The number of aromatic nitrogens is 1. The number of Topliss-reactive ketones (excluding diaryl/α,β-unsaturated/α-hetero) is 1. The van der Waals surface area contributed by atoms with Gasteiger partial charge in [0, 0.05) is 37.0 Å². The third-order valence-electron chi connectivity index (χ3n) is 3.42. The predicted molar refractivity (Wildman–Crippen MR) is 69.1 cm³/mol. The molecule has 1 aliphatic carbocycles.